The number of carbonyl (C=O) groups excluding carboxylic acids is 4. The van der Waals surface area contributed by atoms with Gasteiger partial charge in [-0.3, -0.25) is 19.2 Å². The Hall–Kier alpha value is -0.480. The lowest BCUT2D eigenvalue weighted by Crippen LogP contribution is -2.75. The fourth-order valence-electron chi connectivity index (χ4n) is 3.06. The molecule has 0 aromatic heterocycles. The Morgan fingerprint density at radius 2 is 1.03 bits per heavy atom. The number of carbonyl (C=O) groups is 4. The lowest BCUT2D eigenvalue weighted by atomic mass is 9.59. The van der Waals surface area contributed by atoms with Gasteiger partial charge in [0.05, 0.1) is 18.1 Å². The fourth-order valence-corrected chi connectivity index (χ4v) is 3.47. The second-order valence-electron chi connectivity index (χ2n) is 9.86. The van der Waals surface area contributed by atoms with Crippen molar-refractivity contribution in [2.75, 3.05) is 13.2 Å². The summed E-state index contributed by atoms with van der Waals surface area (Å²) in [6.07, 6.45) is -2.49. The highest BCUT2D eigenvalue weighted by Gasteiger charge is 2.72. The molecule has 3 N–H and O–H groups in total. The van der Waals surface area contributed by atoms with E-state index in [0.29, 0.717) is 0 Å². The van der Waals surface area contributed by atoms with Gasteiger partial charge in [-0.05, 0) is 55.4 Å². The molecule has 0 aliphatic heterocycles. The van der Waals surface area contributed by atoms with Crippen molar-refractivity contribution in [3.05, 3.63) is 0 Å². The molecule has 1 unspecified atom stereocenters. The first kappa shape index (κ1) is 32.5. The minimum atomic E-state index is -3.26. The molecule has 0 aliphatic rings. The van der Waals surface area contributed by atoms with Crippen LogP contribution in [0.15, 0.2) is 0 Å². The first-order valence-corrected chi connectivity index (χ1v) is 11.4. The van der Waals surface area contributed by atoms with E-state index in [0.717, 1.165) is 27.7 Å². The lowest BCUT2D eigenvalue weighted by molar-refractivity contribution is -0.215. The Morgan fingerprint density at radius 1 is 0.697 bits per heavy atom. The van der Waals surface area contributed by atoms with E-state index in [2.05, 4.69) is 0 Å². The van der Waals surface area contributed by atoms with Crippen molar-refractivity contribution < 1.29 is 39.2 Å². The molecule has 0 rings (SSSR count). The SMILES string of the molecule is CC(C)(Cl)C(=O)OC(C(=O)C(C)(C)Cl)(C(=O)C(C)(C)Cl)C(CO)(CO)C(O)C(=O)C(C)(C)Cl. The molecule has 192 valence electrons. The second kappa shape index (κ2) is 10.2. The second-order valence-corrected chi connectivity index (χ2v) is 13.6. The molecule has 8 nitrogen and oxygen atoms in total. The minimum absolute atomic E-state index is 1.15. The van der Waals surface area contributed by atoms with E-state index in [1.54, 1.807) is 0 Å². The average molecular weight is 554 g/mol. The highest BCUT2D eigenvalue weighted by molar-refractivity contribution is 6.44. The molecular formula is C21H32Cl4O8. The number of Topliss-reactive ketones (excluding diaryl/α,β-unsaturated/α-hetero) is 3. The summed E-state index contributed by atoms with van der Waals surface area (Å²) in [6, 6.07) is 0. The van der Waals surface area contributed by atoms with E-state index in [1.807, 2.05) is 0 Å². The Labute approximate surface area is 213 Å². The molecule has 0 saturated carbocycles. The summed E-state index contributed by atoms with van der Waals surface area (Å²) in [5.74, 6) is -5.24. The van der Waals surface area contributed by atoms with Crippen molar-refractivity contribution in [3.8, 4) is 0 Å². The van der Waals surface area contributed by atoms with E-state index in [9.17, 15) is 34.5 Å². The zero-order valence-corrected chi connectivity index (χ0v) is 22.9. The Morgan fingerprint density at radius 3 is 1.24 bits per heavy atom. The van der Waals surface area contributed by atoms with E-state index in [-0.39, 0.29) is 0 Å². The predicted octanol–water partition coefficient (Wildman–Crippen LogP) is 2.38. The molecule has 0 spiro atoms. The van der Waals surface area contributed by atoms with Crippen LogP contribution >= 0.6 is 46.4 Å². The van der Waals surface area contributed by atoms with Gasteiger partial charge in [0.2, 0.25) is 17.2 Å². The van der Waals surface area contributed by atoms with Crippen LogP contribution in [-0.4, -0.2) is 83.1 Å². The van der Waals surface area contributed by atoms with Crippen LogP contribution < -0.4 is 0 Å². The molecule has 0 bridgehead atoms. The Kier molecular flexibility index (Phi) is 10.1. The first-order valence-electron chi connectivity index (χ1n) is 9.91. The van der Waals surface area contributed by atoms with Crippen molar-refractivity contribution >= 4 is 69.7 Å². The Balaban J connectivity index is 7.83. The number of ketones is 3. The van der Waals surface area contributed by atoms with Crippen molar-refractivity contribution in [1.29, 1.82) is 0 Å². The molecule has 0 saturated heterocycles. The maximum atomic E-state index is 13.8. The predicted molar refractivity (Wildman–Crippen MR) is 126 cm³/mol. The monoisotopic (exact) mass is 552 g/mol. The van der Waals surface area contributed by atoms with Crippen LogP contribution in [0.1, 0.15) is 55.4 Å². The van der Waals surface area contributed by atoms with Crippen molar-refractivity contribution in [3.63, 3.8) is 0 Å². The molecule has 1 atom stereocenters. The summed E-state index contributed by atoms with van der Waals surface area (Å²) in [6.45, 7) is 6.61. The standard InChI is InChI=1S/C21H32Cl4O8/c1-16(2,22)11(28)12(29)20(9-26,10-27)21(13(30)17(3,4)23,14(31)18(5,6)24)33-15(32)19(7,8)25/h12,26-27,29H,9-10H2,1-8H3. The third kappa shape index (κ3) is 6.40. The van der Waals surface area contributed by atoms with E-state index in [4.69, 9.17) is 51.1 Å². The number of esters is 1. The summed E-state index contributed by atoms with van der Waals surface area (Å²) in [5.41, 5.74) is -6.10. The molecule has 0 radical (unpaired) electrons. The van der Waals surface area contributed by atoms with Gasteiger partial charge in [0.1, 0.15) is 26.1 Å². The van der Waals surface area contributed by atoms with E-state index >= 15 is 0 Å². The van der Waals surface area contributed by atoms with Crippen molar-refractivity contribution in [2.24, 2.45) is 5.41 Å². The van der Waals surface area contributed by atoms with Gasteiger partial charge in [0.25, 0.3) is 0 Å². The largest absolute Gasteiger partial charge is 0.440 e. The van der Waals surface area contributed by atoms with Gasteiger partial charge in [-0.2, -0.15) is 0 Å². The summed E-state index contributed by atoms with van der Waals surface area (Å²) in [7, 11) is 0. The van der Waals surface area contributed by atoms with Crippen molar-refractivity contribution in [1.82, 2.24) is 0 Å². The smallest absolute Gasteiger partial charge is 0.328 e. The third-order valence-electron chi connectivity index (χ3n) is 5.07. The zero-order valence-electron chi connectivity index (χ0n) is 19.9. The molecule has 0 aromatic carbocycles. The molecule has 0 aliphatic carbocycles. The number of aliphatic hydroxyl groups excluding tert-OH is 3. The van der Waals surface area contributed by atoms with Gasteiger partial charge >= 0.3 is 5.97 Å². The number of halogens is 4. The van der Waals surface area contributed by atoms with Crippen LogP contribution in [0, 0.1) is 5.41 Å². The number of rotatable bonds is 12. The van der Waals surface area contributed by atoms with Gasteiger partial charge in [-0.15, -0.1) is 46.4 Å². The molecule has 33 heavy (non-hydrogen) atoms. The van der Waals surface area contributed by atoms with Crippen LogP contribution in [0.2, 0.25) is 0 Å². The quantitative estimate of drug-likeness (QED) is 0.190. The number of alkyl halides is 4. The normalized spacial score (nSPS) is 15.1. The fraction of sp³-hybridized carbons (Fsp3) is 0.810. The first-order chi connectivity index (χ1) is 14.4. The van der Waals surface area contributed by atoms with Crippen LogP contribution in [0.25, 0.3) is 0 Å². The lowest BCUT2D eigenvalue weighted by Gasteiger charge is -2.51. The summed E-state index contributed by atoms with van der Waals surface area (Å²) in [5, 5.41) is 31.9. The Bertz CT molecular complexity index is 752. The molecule has 0 amide bonds. The maximum absolute atomic E-state index is 13.8. The van der Waals surface area contributed by atoms with Gasteiger partial charge in [-0.25, -0.2) is 0 Å². The van der Waals surface area contributed by atoms with Gasteiger partial charge in [-0.1, -0.05) is 0 Å². The minimum Gasteiger partial charge on any atom is -0.440 e. The highest BCUT2D eigenvalue weighted by Crippen LogP contribution is 2.48. The molecule has 0 heterocycles. The maximum Gasteiger partial charge on any atom is 0.328 e. The number of aliphatic hydroxyl groups is 3. The zero-order chi connectivity index (χ0) is 27.0. The van der Waals surface area contributed by atoms with Crippen LogP contribution in [-0.2, 0) is 23.9 Å². The number of hydrogen-bond donors (Lipinski definition) is 3. The number of hydrogen-bond acceptors (Lipinski definition) is 8. The van der Waals surface area contributed by atoms with Crippen LogP contribution in [0.4, 0.5) is 0 Å². The molecular weight excluding hydrogens is 522 g/mol. The van der Waals surface area contributed by atoms with Gasteiger partial charge in [0, 0.05) is 0 Å². The number of ether oxygens (including phenoxy) is 1. The highest BCUT2D eigenvalue weighted by atomic mass is 35.5. The van der Waals surface area contributed by atoms with Crippen molar-refractivity contribution in [2.45, 2.75) is 86.6 Å². The average Bonchev–Trinajstić information content (AvgIpc) is 2.62. The van der Waals surface area contributed by atoms with Gasteiger partial charge < -0.3 is 20.1 Å². The van der Waals surface area contributed by atoms with Gasteiger partial charge in [0.15, 0.2) is 5.78 Å². The van der Waals surface area contributed by atoms with E-state index in [1.165, 1.54) is 27.7 Å². The summed E-state index contributed by atoms with van der Waals surface area (Å²) < 4.78 is 5.40. The summed E-state index contributed by atoms with van der Waals surface area (Å²) in [4.78, 5) is 45.8. The van der Waals surface area contributed by atoms with E-state index < -0.39 is 73.1 Å². The van der Waals surface area contributed by atoms with Crippen LogP contribution in [0.3, 0.4) is 0 Å². The third-order valence-corrected chi connectivity index (χ3v) is 5.76. The summed E-state index contributed by atoms with van der Waals surface area (Å²) >= 11 is 24.5. The molecule has 0 aromatic rings. The van der Waals surface area contributed by atoms with Crippen LogP contribution in [0.5, 0.6) is 0 Å². The topological polar surface area (TPSA) is 138 Å². The molecule has 12 heteroatoms. The molecule has 0 fully saturated rings.